The van der Waals surface area contributed by atoms with E-state index in [-0.39, 0.29) is 19.3 Å². The van der Waals surface area contributed by atoms with E-state index in [1.54, 1.807) is 40.2 Å². The fourth-order valence-corrected chi connectivity index (χ4v) is 3.03. The second-order valence-corrected chi connectivity index (χ2v) is 6.56. The molecule has 4 rings (SSSR count). The highest BCUT2D eigenvalue weighted by atomic mass is 16.7. The average molecular weight is 408 g/mol. The molecule has 9 nitrogen and oxygen atoms in total. The van der Waals surface area contributed by atoms with Gasteiger partial charge >= 0.3 is 5.97 Å². The summed E-state index contributed by atoms with van der Waals surface area (Å²) in [5.74, 6) is 0.518. The summed E-state index contributed by atoms with van der Waals surface area (Å²) in [6, 6.07) is 12.2. The average Bonchev–Trinajstić information content (AvgIpc) is 3.47. The van der Waals surface area contributed by atoms with Crippen molar-refractivity contribution >= 4 is 11.9 Å². The van der Waals surface area contributed by atoms with Crippen molar-refractivity contribution in [3.05, 3.63) is 66.2 Å². The zero-order valence-corrected chi connectivity index (χ0v) is 16.4. The molecular weight excluding hydrogens is 388 g/mol. The topological polar surface area (TPSA) is 95.8 Å². The SMILES string of the molecule is CCN(Cc1ccc2c(c1)OCO2)C(=O)COC(=O)c1ccc(-n2cncn2)cc1. The number of hydrogen-bond donors (Lipinski definition) is 0. The maximum Gasteiger partial charge on any atom is 0.338 e. The van der Waals surface area contributed by atoms with Crippen LogP contribution in [0.5, 0.6) is 11.5 Å². The Balaban J connectivity index is 1.32. The lowest BCUT2D eigenvalue weighted by molar-refractivity contribution is -0.134. The summed E-state index contributed by atoms with van der Waals surface area (Å²) in [5, 5.41) is 4.03. The Hall–Kier alpha value is -3.88. The summed E-state index contributed by atoms with van der Waals surface area (Å²) < 4.78 is 17.5. The molecule has 1 aliphatic heterocycles. The number of ether oxygens (including phenoxy) is 3. The van der Waals surface area contributed by atoms with E-state index in [9.17, 15) is 9.59 Å². The van der Waals surface area contributed by atoms with Crippen LogP contribution < -0.4 is 9.47 Å². The molecule has 0 N–H and O–H groups in total. The molecule has 0 aliphatic carbocycles. The summed E-state index contributed by atoms with van der Waals surface area (Å²) in [6.07, 6.45) is 2.99. The Morgan fingerprint density at radius 2 is 1.93 bits per heavy atom. The van der Waals surface area contributed by atoms with E-state index in [0.29, 0.717) is 30.2 Å². The summed E-state index contributed by atoms with van der Waals surface area (Å²) in [6.45, 7) is 2.61. The number of esters is 1. The van der Waals surface area contributed by atoms with E-state index in [1.807, 2.05) is 25.1 Å². The number of carbonyl (C=O) groups is 2. The van der Waals surface area contributed by atoms with Crippen molar-refractivity contribution in [3.8, 4) is 17.2 Å². The Bertz CT molecular complexity index is 1030. The number of amides is 1. The standard InChI is InChI=1S/C21H20N4O5/c1-2-24(10-15-3-8-18-19(9-15)30-14-29-18)20(26)11-28-21(27)16-4-6-17(7-5-16)25-13-22-12-23-25/h3-9,12-13H,2,10-11,14H2,1H3. The first-order valence-electron chi connectivity index (χ1n) is 9.42. The molecular formula is C21H20N4O5. The van der Waals surface area contributed by atoms with Gasteiger partial charge in [0.1, 0.15) is 12.7 Å². The van der Waals surface area contributed by atoms with E-state index in [1.165, 1.54) is 6.33 Å². The van der Waals surface area contributed by atoms with Crippen molar-refractivity contribution in [1.29, 1.82) is 0 Å². The predicted molar refractivity (Wildman–Crippen MR) is 105 cm³/mol. The minimum atomic E-state index is -0.562. The Morgan fingerprint density at radius 3 is 2.67 bits per heavy atom. The van der Waals surface area contributed by atoms with Gasteiger partial charge in [0.25, 0.3) is 5.91 Å². The number of hydrogen-bond acceptors (Lipinski definition) is 7. The van der Waals surface area contributed by atoms with Gasteiger partial charge in [0.2, 0.25) is 6.79 Å². The lowest BCUT2D eigenvalue weighted by Gasteiger charge is -2.21. The molecule has 2 heterocycles. The Kier molecular flexibility index (Phi) is 5.60. The molecule has 1 amide bonds. The van der Waals surface area contributed by atoms with Crippen LogP contribution in [0.3, 0.4) is 0 Å². The molecule has 0 bridgehead atoms. The van der Waals surface area contributed by atoms with Crippen molar-refractivity contribution in [2.75, 3.05) is 19.9 Å². The van der Waals surface area contributed by atoms with Crippen LogP contribution in [0.25, 0.3) is 5.69 Å². The van der Waals surface area contributed by atoms with E-state index >= 15 is 0 Å². The van der Waals surface area contributed by atoms with Crippen LogP contribution >= 0.6 is 0 Å². The van der Waals surface area contributed by atoms with Crippen LogP contribution in [0.15, 0.2) is 55.1 Å². The maximum absolute atomic E-state index is 12.5. The zero-order valence-electron chi connectivity index (χ0n) is 16.4. The minimum absolute atomic E-state index is 0.199. The van der Waals surface area contributed by atoms with Gasteiger partial charge < -0.3 is 19.1 Å². The van der Waals surface area contributed by atoms with Crippen LogP contribution in [0.1, 0.15) is 22.8 Å². The Morgan fingerprint density at radius 1 is 1.13 bits per heavy atom. The molecule has 0 spiro atoms. The van der Waals surface area contributed by atoms with Crippen molar-refractivity contribution < 1.29 is 23.8 Å². The first kappa shape index (κ1) is 19.4. The lowest BCUT2D eigenvalue weighted by atomic mass is 10.2. The number of fused-ring (bicyclic) bond motifs is 1. The highest BCUT2D eigenvalue weighted by Gasteiger charge is 2.18. The van der Waals surface area contributed by atoms with Gasteiger partial charge in [-0.2, -0.15) is 5.10 Å². The summed E-state index contributed by atoms with van der Waals surface area (Å²) >= 11 is 0. The van der Waals surface area contributed by atoms with Crippen molar-refractivity contribution in [2.45, 2.75) is 13.5 Å². The third kappa shape index (κ3) is 4.24. The number of rotatable bonds is 7. The second-order valence-electron chi connectivity index (χ2n) is 6.56. The third-order valence-electron chi connectivity index (χ3n) is 4.66. The van der Waals surface area contributed by atoms with E-state index in [4.69, 9.17) is 14.2 Å². The normalized spacial score (nSPS) is 11.9. The number of aromatic nitrogens is 3. The zero-order chi connectivity index (χ0) is 20.9. The molecule has 154 valence electrons. The molecule has 0 unspecified atom stereocenters. The predicted octanol–water partition coefficient (Wildman–Crippen LogP) is 2.20. The summed E-state index contributed by atoms with van der Waals surface area (Å²) in [4.78, 5) is 30.3. The summed E-state index contributed by atoms with van der Waals surface area (Å²) in [5.41, 5.74) is 2.02. The summed E-state index contributed by atoms with van der Waals surface area (Å²) in [7, 11) is 0. The van der Waals surface area contributed by atoms with Gasteiger partial charge in [-0.1, -0.05) is 6.07 Å². The van der Waals surface area contributed by atoms with Gasteiger partial charge in [0.05, 0.1) is 11.3 Å². The highest BCUT2D eigenvalue weighted by molar-refractivity contribution is 5.91. The molecule has 0 fully saturated rings. The molecule has 9 heteroatoms. The van der Waals surface area contributed by atoms with Crippen molar-refractivity contribution in [1.82, 2.24) is 19.7 Å². The molecule has 0 saturated heterocycles. The minimum Gasteiger partial charge on any atom is -0.454 e. The van der Waals surface area contributed by atoms with Crippen LogP contribution in [-0.2, 0) is 16.1 Å². The van der Waals surface area contributed by atoms with Gasteiger partial charge in [-0.3, -0.25) is 4.79 Å². The molecule has 0 atom stereocenters. The van der Waals surface area contributed by atoms with Gasteiger partial charge in [0, 0.05) is 13.1 Å². The number of benzene rings is 2. The first-order chi connectivity index (χ1) is 14.6. The molecule has 2 aromatic carbocycles. The lowest BCUT2D eigenvalue weighted by Crippen LogP contribution is -2.34. The first-order valence-corrected chi connectivity index (χ1v) is 9.42. The number of nitrogens with zero attached hydrogens (tertiary/aromatic N) is 4. The number of carbonyl (C=O) groups excluding carboxylic acids is 2. The van der Waals surface area contributed by atoms with E-state index in [2.05, 4.69) is 10.1 Å². The highest BCUT2D eigenvalue weighted by Crippen LogP contribution is 2.32. The molecule has 1 aromatic heterocycles. The second kappa shape index (κ2) is 8.64. The fraction of sp³-hybridized carbons (Fsp3) is 0.238. The number of likely N-dealkylation sites (N-methyl/N-ethyl adjacent to an activating group) is 1. The molecule has 1 aliphatic rings. The monoisotopic (exact) mass is 408 g/mol. The largest absolute Gasteiger partial charge is 0.454 e. The van der Waals surface area contributed by atoms with Gasteiger partial charge in [-0.15, -0.1) is 0 Å². The molecule has 0 saturated carbocycles. The molecule has 30 heavy (non-hydrogen) atoms. The van der Waals surface area contributed by atoms with Crippen molar-refractivity contribution in [2.24, 2.45) is 0 Å². The van der Waals surface area contributed by atoms with Crippen molar-refractivity contribution in [3.63, 3.8) is 0 Å². The van der Waals surface area contributed by atoms with Gasteiger partial charge in [0.15, 0.2) is 18.1 Å². The van der Waals surface area contributed by atoms with Crippen LogP contribution in [0.2, 0.25) is 0 Å². The van der Waals surface area contributed by atoms with Gasteiger partial charge in [-0.25, -0.2) is 14.5 Å². The van der Waals surface area contributed by atoms with Crippen LogP contribution in [0, 0.1) is 0 Å². The third-order valence-corrected chi connectivity index (χ3v) is 4.66. The van der Waals surface area contributed by atoms with Gasteiger partial charge in [-0.05, 0) is 48.9 Å². The Labute approximate surface area is 172 Å². The van der Waals surface area contributed by atoms with Crippen LogP contribution in [-0.4, -0.2) is 51.5 Å². The fourth-order valence-electron chi connectivity index (χ4n) is 3.03. The smallest absolute Gasteiger partial charge is 0.338 e. The van der Waals surface area contributed by atoms with E-state index in [0.717, 1.165) is 11.3 Å². The van der Waals surface area contributed by atoms with Crippen LogP contribution in [0.4, 0.5) is 0 Å². The maximum atomic E-state index is 12.5. The molecule has 3 aromatic rings. The van der Waals surface area contributed by atoms with E-state index < -0.39 is 5.97 Å². The molecule has 0 radical (unpaired) electrons. The quantitative estimate of drug-likeness (QED) is 0.553.